The molecule has 2 heteroatoms. The Morgan fingerprint density at radius 3 is 3.00 bits per heavy atom. The number of ether oxygens (including phenoxy) is 1. The van der Waals surface area contributed by atoms with Crippen molar-refractivity contribution < 1.29 is 4.74 Å². The molecule has 1 heterocycles. The van der Waals surface area contributed by atoms with Crippen LogP contribution in [0.5, 0.6) is 0 Å². The normalized spacial score (nSPS) is 8.23. The van der Waals surface area contributed by atoms with Gasteiger partial charge in [0.25, 0.3) is 0 Å². The molecule has 0 saturated carbocycles. The van der Waals surface area contributed by atoms with Gasteiger partial charge in [0.05, 0.1) is 0 Å². The monoisotopic (exact) mass is 171 g/mol. The third-order valence-electron chi connectivity index (χ3n) is 1.24. The minimum Gasteiger partial charge on any atom is -0.356 e. The Kier molecular flexibility index (Phi) is 4.18. The lowest BCUT2D eigenvalue weighted by Crippen LogP contribution is -1.90. The van der Waals surface area contributed by atoms with E-state index in [1.807, 2.05) is 18.2 Å². The summed E-state index contributed by atoms with van der Waals surface area (Å²) in [6.07, 6.45) is 6.69. The van der Waals surface area contributed by atoms with E-state index < -0.39 is 0 Å². The van der Waals surface area contributed by atoms with Crippen LogP contribution in [-0.2, 0) is 4.74 Å². The first kappa shape index (κ1) is 9.32. The van der Waals surface area contributed by atoms with E-state index in [4.69, 9.17) is 11.2 Å². The van der Waals surface area contributed by atoms with Crippen molar-refractivity contribution in [3.05, 3.63) is 30.1 Å². The zero-order valence-corrected chi connectivity index (χ0v) is 7.16. The summed E-state index contributed by atoms with van der Waals surface area (Å²) in [7, 11) is 0. The lowest BCUT2D eigenvalue weighted by molar-refractivity contribution is 0.205. The van der Waals surface area contributed by atoms with Gasteiger partial charge in [0, 0.05) is 6.20 Å². The molecule has 0 radical (unpaired) electrons. The first-order valence-electron chi connectivity index (χ1n) is 3.84. The maximum Gasteiger partial charge on any atom is 0.113 e. The van der Waals surface area contributed by atoms with Crippen molar-refractivity contribution in [1.82, 2.24) is 4.98 Å². The molecule has 1 aromatic rings. The molecule has 0 aliphatic heterocycles. The minimum absolute atomic E-state index is 0.302. The summed E-state index contributed by atoms with van der Waals surface area (Å²) >= 11 is 0. The van der Waals surface area contributed by atoms with Gasteiger partial charge in [0.15, 0.2) is 0 Å². The highest BCUT2D eigenvalue weighted by molar-refractivity contribution is 5.26. The van der Waals surface area contributed by atoms with Crippen LogP contribution in [0.4, 0.5) is 0 Å². The lowest BCUT2D eigenvalue weighted by Gasteiger charge is -1.89. The van der Waals surface area contributed by atoms with Gasteiger partial charge in [-0.2, -0.15) is 0 Å². The van der Waals surface area contributed by atoms with Crippen LogP contribution in [0, 0.1) is 24.2 Å². The van der Waals surface area contributed by atoms with Gasteiger partial charge < -0.3 is 4.74 Å². The number of terminal acetylenes is 1. The van der Waals surface area contributed by atoms with Crippen LogP contribution in [0.15, 0.2) is 24.4 Å². The van der Waals surface area contributed by atoms with Gasteiger partial charge in [-0.05, 0) is 18.1 Å². The van der Waals surface area contributed by atoms with Gasteiger partial charge in [0.2, 0.25) is 0 Å². The van der Waals surface area contributed by atoms with Crippen molar-refractivity contribution in [3.63, 3.8) is 0 Å². The molecule has 64 valence electrons. The molecule has 0 aromatic carbocycles. The third-order valence-corrected chi connectivity index (χ3v) is 1.24. The van der Waals surface area contributed by atoms with Crippen molar-refractivity contribution >= 4 is 0 Å². The molecule has 0 atom stereocenters. The van der Waals surface area contributed by atoms with Gasteiger partial charge in [-0.15, -0.1) is 6.42 Å². The van der Waals surface area contributed by atoms with Crippen LogP contribution in [0.1, 0.15) is 5.69 Å². The highest BCUT2D eigenvalue weighted by atomic mass is 16.5. The topological polar surface area (TPSA) is 22.1 Å². The number of nitrogens with zero attached hydrogens (tertiary/aromatic N) is 1. The molecule has 0 aliphatic rings. The average Bonchev–Trinajstić information content (AvgIpc) is 2.19. The molecule has 13 heavy (non-hydrogen) atoms. The molecule has 2 nitrogen and oxygen atoms in total. The summed E-state index contributed by atoms with van der Waals surface area (Å²) in [5, 5.41) is 0. The molecule has 0 aliphatic carbocycles. The van der Waals surface area contributed by atoms with Crippen molar-refractivity contribution in [2.45, 2.75) is 0 Å². The number of hydrogen-bond donors (Lipinski definition) is 0. The van der Waals surface area contributed by atoms with Crippen molar-refractivity contribution in [3.8, 4) is 24.2 Å². The Morgan fingerprint density at radius 2 is 2.31 bits per heavy atom. The van der Waals surface area contributed by atoms with Crippen molar-refractivity contribution in [2.75, 3.05) is 13.2 Å². The van der Waals surface area contributed by atoms with Gasteiger partial charge in [-0.25, -0.2) is 4.98 Å². The van der Waals surface area contributed by atoms with E-state index in [0.29, 0.717) is 13.2 Å². The van der Waals surface area contributed by atoms with E-state index >= 15 is 0 Å². The largest absolute Gasteiger partial charge is 0.356 e. The molecule has 0 spiro atoms. The predicted octanol–water partition coefficient (Wildman–Crippen LogP) is 1.08. The molecule has 0 amide bonds. The second kappa shape index (κ2) is 5.83. The Balaban J connectivity index is 2.37. The standard InChI is InChI=1S/C11H9NO/c1-2-9-13-10-5-7-11-6-3-4-8-12-11/h1,3-4,6,8H,9-10H2. The Hall–Kier alpha value is -1.77. The Labute approximate surface area is 78.0 Å². The molecule has 0 saturated heterocycles. The Bertz CT molecular complexity index is 340. The maximum atomic E-state index is 4.99. The van der Waals surface area contributed by atoms with Crippen LogP contribution in [-0.4, -0.2) is 18.2 Å². The molecule has 1 rings (SSSR count). The third kappa shape index (κ3) is 3.96. The molecule has 0 N–H and O–H groups in total. The molecular weight excluding hydrogens is 162 g/mol. The predicted molar refractivity (Wildman–Crippen MR) is 50.8 cm³/mol. The fraction of sp³-hybridized carbons (Fsp3) is 0.182. The van der Waals surface area contributed by atoms with E-state index in [0.717, 1.165) is 5.69 Å². The smallest absolute Gasteiger partial charge is 0.113 e. The number of hydrogen-bond acceptors (Lipinski definition) is 2. The first-order valence-corrected chi connectivity index (χ1v) is 3.84. The van der Waals surface area contributed by atoms with Crippen LogP contribution in [0.25, 0.3) is 0 Å². The summed E-state index contributed by atoms with van der Waals surface area (Å²) < 4.78 is 4.97. The van der Waals surface area contributed by atoms with Crippen molar-refractivity contribution in [2.24, 2.45) is 0 Å². The van der Waals surface area contributed by atoms with Crippen LogP contribution in [0.2, 0.25) is 0 Å². The zero-order chi connectivity index (χ0) is 9.36. The second-order valence-electron chi connectivity index (χ2n) is 2.21. The highest BCUT2D eigenvalue weighted by Crippen LogP contribution is 1.88. The highest BCUT2D eigenvalue weighted by Gasteiger charge is 1.82. The van der Waals surface area contributed by atoms with Gasteiger partial charge in [-0.3, -0.25) is 0 Å². The fourth-order valence-corrected chi connectivity index (χ4v) is 0.724. The number of pyridine rings is 1. The summed E-state index contributed by atoms with van der Waals surface area (Å²) in [6.45, 7) is 0.650. The second-order valence-corrected chi connectivity index (χ2v) is 2.21. The maximum absolute atomic E-state index is 4.99. The summed E-state index contributed by atoms with van der Waals surface area (Å²) in [6, 6.07) is 5.58. The summed E-state index contributed by atoms with van der Waals surface area (Å²) in [5.41, 5.74) is 0.742. The van der Waals surface area contributed by atoms with Gasteiger partial charge in [-0.1, -0.05) is 17.9 Å². The molecule has 0 unspecified atom stereocenters. The summed E-state index contributed by atoms with van der Waals surface area (Å²) in [4.78, 5) is 4.03. The van der Waals surface area contributed by atoms with E-state index in [1.165, 1.54) is 0 Å². The van der Waals surface area contributed by atoms with E-state index in [9.17, 15) is 0 Å². The number of rotatable bonds is 2. The first-order chi connectivity index (χ1) is 6.43. The van der Waals surface area contributed by atoms with Crippen LogP contribution in [0.3, 0.4) is 0 Å². The fourth-order valence-electron chi connectivity index (χ4n) is 0.724. The van der Waals surface area contributed by atoms with Crippen LogP contribution >= 0.6 is 0 Å². The van der Waals surface area contributed by atoms with Crippen LogP contribution < -0.4 is 0 Å². The quantitative estimate of drug-likeness (QED) is 0.490. The Morgan fingerprint density at radius 1 is 1.38 bits per heavy atom. The average molecular weight is 171 g/mol. The number of aromatic nitrogens is 1. The van der Waals surface area contributed by atoms with E-state index in [-0.39, 0.29) is 0 Å². The minimum atomic E-state index is 0.302. The van der Waals surface area contributed by atoms with Gasteiger partial charge >= 0.3 is 0 Å². The van der Waals surface area contributed by atoms with E-state index in [2.05, 4.69) is 22.7 Å². The molecular formula is C11H9NO. The summed E-state index contributed by atoms with van der Waals surface area (Å²) in [5.74, 6) is 8.02. The van der Waals surface area contributed by atoms with Crippen molar-refractivity contribution in [1.29, 1.82) is 0 Å². The van der Waals surface area contributed by atoms with Gasteiger partial charge in [0.1, 0.15) is 18.9 Å². The zero-order valence-electron chi connectivity index (χ0n) is 7.16. The molecule has 0 bridgehead atoms. The molecule has 0 fully saturated rings. The lowest BCUT2D eigenvalue weighted by atomic mass is 10.3. The SMILES string of the molecule is C#CCOCC#Cc1ccccn1. The molecule has 1 aromatic heterocycles. The van der Waals surface area contributed by atoms with E-state index in [1.54, 1.807) is 6.20 Å².